The van der Waals surface area contributed by atoms with Crippen molar-refractivity contribution in [3.8, 4) is 0 Å². The van der Waals surface area contributed by atoms with Gasteiger partial charge in [-0.1, -0.05) is 13.0 Å². The van der Waals surface area contributed by atoms with Crippen molar-refractivity contribution in [2.75, 3.05) is 19.6 Å². The summed E-state index contributed by atoms with van der Waals surface area (Å²) in [5, 5.41) is 11.5. The topological polar surface area (TPSA) is 45.5 Å². The molecular weight excluding hydrogens is 356 g/mol. The van der Waals surface area contributed by atoms with Gasteiger partial charge in [0.15, 0.2) is 0 Å². The Balaban J connectivity index is 1.78. The number of carbonyl (C=O) groups is 1. The van der Waals surface area contributed by atoms with E-state index in [2.05, 4.69) is 59.2 Å². The van der Waals surface area contributed by atoms with Crippen LogP contribution in [-0.2, 0) is 17.8 Å². The maximum atomic E-state index is 11.3. The highest BCUT2D eigenvalue weighted by Crippen LogP contribution is 2.32. The molecule has 1 fully saturated rings. The molecule has 0 radical (unpaired) electrons. The number of carboxylic acid groups (broad SMARTS) is 1. The number of aliphatic carboxylic acids is 1. The van der Waals surface area contributed by atoms with Crippen LogP contribution in [0.3, 0.4) is 0 Å². The minimum Gasteiger partial charge on any atom is -0.481 e. The molecule has 3 heterocycles. The third kappa shape index (κ3) is 4.71. The van der Waals surface area contributed by atoms with Crippen LogP contribution >= 0.6 is 11.3 Å². The van der Waals surface area contributed by atoms with E-state index < -0.39 is 5.97 Å². The summed E-state index contributed by atoms with van der Waals surface area (Å²) < 4.78 is 2.30. The van der Waals surface area contributed by atoms with Crippen LogP contribution in [-0.4, -0.2) is 40.2 Å². The smallest absolute Gasteiger partial charge is 0.307 e. The molecule has 2 aromatic heterocycles. The van der Waals surface area contributed by atoms with E-state index in [-0.39, 0.29) is 5.92 Å². The van der Waals surface area contributed by atoms with Crippen molar-refractivity contribution >= 4 is 22.9 Å². The number of hydrogen-bond acceptors (Lipinski definition) is 3. The number of aromatic nitrogens is 1. The highest BCUT2D eigenvalue weighted by molar-refractivity contribution is 7.11. The molecule has 5 heteroatoms. The molecular formula is C22H30N2O2S. The van der Waals surface area contributed by atoms with Crippen LogP contribution in [0.2, 0.25) is 0 Å². The van der Waals surface area contributed by atoms with Gasteiger partial charge >= 0.3 is 5.97 Å². The molecule has 1 atom stereocenters. The summed E-state index contributed by atoms with van der Waals surface area (Å²) in [7, 11) is 0. The number of hydrogen-bond donors (Lipinski definition) is 1. The van der Waals surface area contributed by atoms with Gasteiger partial charge < -0.3 is 14.6 Å². The first-order valence-corrected chi connectivity index (χ1v) is 10.9. The van der Waals surface area contributed by atoms with Crippen molar-refractivity contribution in [1.82, 2.24) is 9.47 Å². The fraction of sp³-hybridized carbons (Fsp3) is 0.500. The van der Waals surface area contributed by atoms with Crippen LogP contribution in [0.15, 0.2) is 35.9 Å². The fourth-order valence-electron chi connectivity index (χ4n) is 3.95. The molecule has 1 N–H and O–H groups in total. The molecule has 1 aliphatic heterocycles. The van der Waals surface area contributed by atoms with Crippen molar-refractivity contribution in [2.45, 2.75) is 46.1 Å². The Morgan fingerprint density at radius 2 is 2.22 bits per heavy atom. The van der Waals surface area contributed by atoms with Gasteiger partial charge in [-0.05, 0) is 68.3 Å². The first-order valence-electron chi connectivity index (χ1n) is 10.0. The van der Waals surface area contributed by atoms with Crippen LogP contribution in [0, 0.1) is 5.92 Å². The maximum absolute atomic E-state index is 11.3. The van der Waals surface area contributed by atoms with Crippen molar-refractivity contribution in [2.24, 2.45) is 5.92 Å². The third-order valence-electron chi connectivity index (χ3n) is 5.47. The molecule has 0 aliphatic carbocycles. The second kappa shape index (κ2) is 9.38. The van der Waals surface area contributed by atoms with Crippen LogP contribution in [0.4, 0.5) is 0 Å². The number of nitrogens with zero attached hydrogens (tertiary/aromatic N) is 2. The van der Waals surface area contributed by atoms with Gasteiger partial charge in [0.25, 0.3) is 0 Å². The van der Waals surface area contributed by atoms with E-state index in [1.165, 1.54) is 21.7 Å². The second-order valence-electron chi connectivity index (χ2n) is 7.19. The zero-order valence-corrected chi connectivity index (χ0v) is 17.2. The van der Waals surface area contributed by atoms with Gasteiger partial charge in [0.2, 0.25) is 0 Å². The summed E-state index contributed by atoms with van der Waals surface area (Å²) >= 11 is 1.82. The zero-order valence-electron chi connectivity index (χ0n) is 16.4. The van der Waals surface area contributed by atoms with Crippen LogP contribution in [0.1, 0.15) is 49.2 Å². The summed E-state index contributed by atoms with van der Waals surface area (Å²) in [6.07, 6.45) is 8.28. The van der Waals surface area contributed by atoms with E-state index in [1.807, 2.05) is 11.3 Å². The lowest BCUT2D eigenvalue weighted by Crippen LogP contribution is -2.39. The van der Waals surface area contributed by atoms with Crippen LogP contribution in [0.25, 0.3) is 5.57 Å². The summed E-state index contributed by atoms with van der Waals surface area (Å²) in [6, 6.07) is 6.55. The molecule has 27 heavy (non-hydrogen) atoms. The summed E-state index contributed by atoms with van der Waals surface area (Å²) in [5.41, 5.74) is 4.00. The van der Waals surface area contributed by atoms with Gasteiger partial charge in [-0.3, -0.25) is 4.79 Å². The molecule has 3 rings (SSSR count). The number of aryl methyl sites for hydroxylation is 2. The average Bonchev–Trinajstić information content (AvgIpc) is 3.34. The normalized spacial score (nSPS) is 18.7. The first-order chi connectivity index (χ1) is 13.1. The van der Waals surface area contributed by atoms with Crippen LogP contribution in [0.5, 0.6) is 0 Å². The molecule has 0 aromatic carbocycles. The number of likely N-dealkylation sites (tertiary alicyclic amines) is 1. The summed E-state index contributed by atoms with van der Waals surface area (Å²) in [5.74, 6) is -0.855. The fourth-order valence-corrected chi connectivity index (χ4v) is 5.00. The Morgan fingerprint density at radius 1 is 1.37 bits per heavy atom. The van der Waals surface area contributed by atoms with E-state index in [0.717, 1.165) is 45.3 Å². The highest BCUT2D eigenvalue weighted by atomic mass is 32.1. The molecule has 0 amide bonds. The molecule has 0 bridgehead atoms. The summed E-state index contributed by atoms with van der Waals surface area (Å²) in [4.78, 5) is 15.0. The SMILES string of the molecule is CCc1ccsc1C(=CCCN1CCCC(C(=O)O)C1)c1cccn1CC. The van der Waals surface area contributed by atoms with E-state index in [4.69, 9.17) is 0 Å². The average molecular weight is 387 g/mol. The van der Waals surface area contributed by atoms with Gasteiger partial charge in [-0.25, -0.2) is 0 Å². The van der Waals surface area contributed by atoms with Crippen molar-refractivity contribution in [3.05, 3.63) is 52.0 Å². The van der Waals surface area contributed by atoms with Gasteiger partial charge in [0.1, 0.15) is 0 Å². The van der Waals surface area contributed by atoms with E-state index in [0.29, 0.717) is 6.54 Å². The molecule has 1 saturated heterocycles. The summed E-state index contributed by atoms with van der Waals surface area (Å²) in [6.45, 7) is 7.96. The third-order valence-corrected chi connectivity index (χ3v) is 6.46. The molecule has 1 aliphatic rings. The van der Waals surface area contributed by atoms with Gasteiger partial charge in [0, 0.05) is 42.0 Å². The molecule has 146 valence electrons. The van der Waals surface area contributed by atoms with E-state index in [1.54, 1.807) is 0 Å². The lowest BCUT2D eigenvalue weighted by molar-refractivity contribution is -0.143. The predicted molar refractivity (Wildman–Crippen MR) is 112 cm³/mol. The largest absolute Gasteiger partial charge is 0.481 e. The van der Waals surface area contributed by atoms with Crippen molar-refractivity contribution < 1.29 is 9.90 Å². The molecule has 2 aromatic rings. The lowest BCUT2D eigenvalue weighted by atomic mass is 9.98. The quantitative estimate of drug-likeness (QED) is 0.712. The Hall–Kier alpha value is -1.85. The number of rotatable bonds is 8. The number of thiophene rings is 1. The first kappa shape index (κ1) is 19.9. The van der Waals surface area contributed by atoms with E-state index >= 15 is 0 Å². The Kier molecular flexibility index (Phi) is 6.91. The van der Waals surface area contributed by atoms with Gasteiger partial charge in [-0.2, -0.15) is 0 Å². The molecule has 0 saturated carbocycles. The van der Waals surface area contributed by atoms with Gasteiger partial charge in [0.05, 0.1) is 5.92 Å². The van der Waals surface area contributed by atoms with Crippen molar-refractivity contribution in [1.29, 1.82) is 0 Å². The zero-order chi connectivity index (χ0) is 19.2. The number of carboxylic acids is 1. The second-order valence-corrected chi connectivity index (χ2v) is 8.11. The highest BCUT2D eigenvalue weighted by Gasteiger charge is 2.24. The van der Waals surface area contributed by atoms with Crippen LogP contribution < -0.4 is 0 Å². The Morgan fingerprint density at radius 3 is 2.96 bits per heavy atom. The lowest BCUT2D eigenvalue weighted by Gasteiger charge is -2.30. The number of piperidine rings is 1. The van der Waals surface area contributed by atoms with Gasteiger partial charge in [-0.15, -0.1) is 11.3 Å². The minimum absolute atomic E-state index is 0.205. The Labute approximate surface area is 166 Å². The van der Waals surface area contributed by atoms with E-state index in [9.17, 15) is 9.90 Å². The molecule has 1 unspecified atom stereocenters. The maximum Gasteiger partial charge on any atom is 0.307 e. The standard InChI is InChI=1S/C22H30N2O2S/c1-3-17-11-15-27-21(17)19(20-10-7-14-24(20)4-2)9-6-13-23-12-5-8-18(16-23)22(25)26/h7,9-11,14-15,18H,3-6,8,12-13,16H2,1-2H3,(H,25,26). The minimum atomic E-state index is -0.650. The predicted octanol–water partition coefficient (Wildman–Crippen LogP) is 4.75. The monoisotopic (exact) mass is 386 g/mol. The molecule has 0 spiro atoms. The Bertz CT molecular complexity index is 746. The molecule has 4 nitrogen and oxygen atoms in total. The van der Waals surface area contributed by atoms with Crippen molar-refractivity contribution in [3.63, 3.8) is 0 Å².